The van der Waals surface area contributed by atoms with Crippen molar-refractivity contribution in [3.05, 3.63) is 59.2 Å². The van der Waals surface area contributed by atoms with Crippen molar-refractivity contribution in [2.24, 2.45) is 0 Å². The Hall–Kier alpha value is -2.82. The summed E-state index contributed by atoms with van der Waals surface area (Å²) in [6, 6.07) is 12.6. The summed E-state index contributed by atoms with van der Waals surface area (Å²) in [5.41, 5.74) is 3.21. The van der Waals surface area contributed by atoms with Crippen molar-refractivity contribution in [3.8, 4) is 5.75 Å². The lowest BCUT2D eigenvalue weighted by molar-refractivity contribution is -0.122. The van der Waals surface area contributed by atoms with E-state index in [1.807, 2.05) is 32.0 Å². The number of anilines is 1. The van der Waals surface area contributed by atoms with Gasteiger partial charge in [0.1, 0.15) is 5.75 Å². The predicted octanol–water partition coefficient (Wildman–Crippen LogP) is 3.07. The molecule has 24 heavy (non-hydrogen) atoms. The number of hydrogen-bond acceptors (Lipinski definition) is 3. The Morgan fingerprint density at radius 1 is 1.04 bits per heavy atom. The molecule has 2 amide bonds. The van der Waals surface area contributed by atoms with Crippen LogP contribution in [0.1, 0.15) is 28.4 Å². The molecule has 0 aliphatic heterocycles. The highest BCUT2D eigenvalue weighted by Crippen LogP contribution is 2.21. The number of carbonyl (C=O) groups excluding carboxylic acids is 2. The van der Waals surface area contributed by atoms with E-state index >= 15 is 0 Å². The van der Waals surface area contributed by atoms with Crippen LogP contribution in [0.5, 0.6) is 5.75 Å². The van der Waals surface area contributed by atoms with Gasteiger partial charge in [0, 0.05) is 18.3 Å². The molecule has 0 aliphatic carbocycles. The number of ether oxygens (including phenoxy) is 1. The van der Waals surface area contributed by atoms with Gasteiger partial charge in [0.25, 0.3) is 11.8 Å². The second-order valence-corrected chi connectivity index (χ2v) is 5.67. The standard InChI is InChI=1S/C19H22N2O3/c1-12-5-6-13(2)17(11-12)24-14(3)18(22)21-16-9-7-15(8-10-16)19(23)20-4/h5-11,14H,1-4H3,(H,20,23)(H,21,22). The first kappa shape index (κ1) is 17.5. The molecule has 2 N–H and O–H groups in total. The van der Waals surface area contributed by atoms with Gasteiger partial charge in [-0.2, -0.15) is 0 Å². The highest BCUT2D eigenvalue weighted by atomic mass is 16.5. The van der Waals surface area contributed by atoms with Crippen LogP contribution < -0.4 is 15.4 Å². The third-order valence-corrected chi connectivity index (χ3v) is 3.66. The van der Waals surface area contributed by atoms with Gasteiger partial charge >= 0.3 is 0 Å². The summed E-state index contributed by atoms with van der Waals surface area (Å²) < 4.78 is 5.76. The molecule has 0 bridgehead atoms. The lowest BCUT2D eigenvalue weighted by atomic mass is 10.1. The number of nitrogens with one attached hydrogen (secondary N) is 2. The van der Waals surface area contributed by atoms with Crippen molar-refractivity contribution in [2.45, 2.75) is 26.9 Å². The summed E-state index contributed by atoms with van der Waals surface area (Å²) in [4.78, 5) is 23.8. The van der Waals surface area contributed by atoms with Crippen LogP contribution in [-0.4, -0.2) is 25.0 Å². The second-order valence-electron chi connectivity index (χ2n) is 5.67. The fraction of sp³-hybridized carbons (Fsp3) is 0.263. The van der Waals surface area contributed by atoms with Crippen LogP contribution >= 0.6 is 0 Å². The summed E-state index contributed by atoms with van der Waals surface area (Å²) in [6.07, 6.45) is -0.635. The second kappa shape index (κ2) is 7.64. The summed E-state index contributed by atoms with van der Waals surface area (Å²) in [5.74, 6) is 0.288. The molecule has 2 aromatic carbocycles. The van der Waals surface area contributed by atoms with Crippen molar-refractivity contribution in [2.75, 3.05) is 12.4 Å². The van der Waals surface area contributed by atoms with E-state index < -0.39 is 6.10 Å². The molecule has 1 unspecified atom stereocenters. The zero-order chi connectivity index (χ0) is 17.7. The van der Waals surface area contributed by atoms with Gasteiger partial charge in [-0.05, 0) is 62.2 Å². The van der Waals surface area contributed by atoms with Crippen molar-refractivity contribution in [1.29, 1.82) is 0 Å². The Balaban J connectivity index is 2.01. The number of hydrogen-bond donors (Lipinski definition) is 2. The Kier molecular flexibility index (Phi) is 5.58. The Morgan fingerprint density at radius 3 is 2.33 bits per heavy atom. The maximum absolute atomic E-state index is 12.3. The summed E-state index contributed by atoms with van der Waals surface area (Å²) in [7, 11) is 1.57. The van der Waals surface area contributed by atoms with Crippen LogP contribution in [0.2, 0.25) is 0 Å². The van der Waals surface area contributed by atoms with Crippen LogP contribution in [0.15, 0.2) is 42.5 Å². The molecule has 5 heteroatoms. The topological polar surface area (TPSA) is 67.4 Å². The van der Waals surface area contributed by atoms with E-state index in [-0.39, 0.29) is 11.8 Å². The molecule has 2 rings (SSSR count). The van der Waals surface area contributed by atoms with Crippen molar-refractivity contribution < 1.29 is 14.3 Å². The molecule has 0 spiro atoms. The molecular weight excluding hydrogens is 304 g/mol. The van der Waals surface area contributed by atoms with Gasteiger partial charge in [-0.15, -0.1) is 0 Å². The van der Waals surface area contributed by atoms with E-state index in [9.17, 15) is 9.59 Å². The third-order valence-electron chi connectivity index (χ3n) is 3.66. The lowest BCUT2D eigenvalue weighted by Gasteiger charge is -2.17. The van der Waals surface area contributed by atoms with Gasteiger partial charge in [0.2, 0.25) is 0 Å². The quantitative estimate of drug-likeness (QED) is 0.887. The fourth-order valence-electron chi connectivity index (χ4n) is 2.17. The molecular formula is C19H22N2O3. The predicted molar refractivity (Wildman–Crippen MR) is 94.5 cm³/mol. The van der Waals surface area contributed by atoms with Crippen molar-refractivity contribution >= 4 is 17.5 Å². The van der Waals surface area contributed by atoms with Crippen LogP contribution in [0.4, 0.5) is 5.69 Å². The molecule has 2 aromatic rings. The molecule has 126 valence electrons. The van der Waals surface area contributed by atoms with Crippen molar-refractivity contribution in [3.63, 3.8) is 0 Å². The minimum atomic E-state index is -0.635. The van der Waals surface area contributed by atoms with Gasteiger partial charge in [-0.3, -0.25) is 9.59 Å². The zero-order valence-electron chi connectivity index (χ0n) is 14.3. The maximum atomic E-state index is 12.3. The Bertz CT molecular complexity index is 739. The molecule has 5 nitrogen and oxygen atoms in total. The van der Waals surface area contributed by atoms with Gasteiger partial charge in [0.05, 0.1) is 0 Å². The van der Waals surface area contributed by atoms with E-state index in [0.29, 0.717) is 17.0 Å². The van der Waals surface area contributed by atoms with Crippen LogP contribution in [0, 0.1) is 13.8 Å². The number of aryl methyl sites for hydroxylation is 2. The van der Waals surface area contributed by atoms with Gasteiger partial charge in [0.15, 0.2) is 6.10 Å². The SMILES string of the molecule is CNC(=O)c1ccc(NC(=O)C(C)Oc2cc(C)ccc2C)cc1. The molecule has 0 fully saturated rings. The Morgan fingerprint density at radius 2 is 1.71 bits per heavy atom. The largest absolute Gasteiger partial charge is 0.481 e. The maximum Gasteiger partial charge on any atom is 0.265 e. The summed E-state index contributed by atoms with van der Waals surface area (Å²) in [6.45, 7) is 5.62. The minimum Gasteiger partial charge on any atom is -0.481 e. The number of amides is 2. The van der Waals surface area contributed by atoms with Gasteiger partial charge in [-0.25, -0.2) is 0 Å². The van der Waals surface area contributed by atoms with Crippen LogP contribution in [0.3, 0.4) is 0 Å². The van der Waals surface area contributed by atoms with E-state index in [1.165, 1.54) is 0 Å². The molecule has 0 saturated carbocycles. The van der Waals surface area contributed by atoms with E-state index in [1.54, 1.807) is 38.2 Å². The minimum absolute atomic E-state index is 0.167. The van der Waals surface area contributed by atoms with Gasteiger partial charge in [-0.1, -0.05) is 12.1 Å². The molecule has 0 aromatic heterocycles. The highest BCUT2D eigenvalue weighted by Gasteiger charge is 2.16. The number of carbonyl (C=O) groups is 2. The first-order valence-electron chi connectivity index (χ1n) is 7.77. The first-order valence-corrected chi connectivity index (χ1v) is 7.77. The average molecular weight is 326 g/mol. The molecule has 0 saturated heterocycles. The van der Waals surface area contributed by atoms with E-state index in [4.69, 9.17) is 4.74 Å². The number of rotatable bonds is 5. The van der Waals surface area contributed by atoms with Crippen molar-refractivity contribution in [1.82, 2.24) is 5.32 Å². The summed E-state index contributed by atoms with van der Waals surface area (Å²) >= 11 is 0. The smallest absolute Gasteiger partial charge is 0.265 e. The monoisotopic (exact) mass is 326 g/mol. The van der Waals surface area contributed by atoms with Crippen LogP contribution in [-0.2, 0) is 4.79 Å². The van der Waals surface area contributed by atoms with E-state index in [0.717, 1.165) is 11.1 Å². The lowest BCUT2D eigenvalue weighted by Crippen LogP contribution is -2.30. The zero-order valence-corrected chi connectivity index (χ0v) is 14.3. The van der Waals surface area contributed by atoms with Gasteiger partial charge < -0.3 is 15.4 Å². The highest BCUT2D eigenvalue weighted by molar-refractivity contribution is 5.96. The molecule has 0 aliphatic rings. The summed E-state index contributed by atoms with van der Waals surface area (Å²) in [5, 5.41) is 5.34. The third kappa shape index (κ3) is 4.35. The average Bonchev–Trinajstić information content (AvgIpc) is 2.58. The molecule has 0 heterocycles. The molecule has 1 atom stereocenters. The first-order chi connectivity index (χ1) is 11.4. The molecule has 0 radical (unpaired) electrons. The van der Waals surface area contributed by atoms with Crippen LogP contribution in [0.25, 0.3) is 0 Å². The fourth-order valence-corrected chi connectivity index (χ4v) is 2.17. The Labute approximate surface area is 142 Å². The normalized spacial score (nSPS) is 11.5. The number of benzene rings is 2. The van der Waals surface area contributed by atoms with E-state index in [2.05, 4.69) is 10.6 Å².